The highest BCUT2D eigenvalue weighted by molar-refractivity contribution is 6.31. The summed E-state index contributed by atoms with van der Waals surface area (Å²) in [5.41, 5.74) is 0.592. The van der Waals surface area contributed by atoms with Crippen LogP contribution in [0.15, 0.2) is 36.4 Å². The van der Waals surface area contributed by atoms with Gasteiger partial charge in [-0.3, -0.25) is 4.79 Å². The van der Waals surface area contributed by atoms with E-state index in [0.29, 0.717) is 16.5 Å². The summed E-state index contributed by atoms with van der Waals surface area (Å²) in [6, 6.07) is 9.37. The molecule has 0 aliphatic carbocycles. The zero-order valence-corrected chi connectivity index (χ0v) is 13.1. The Balaban J connectivity index is 2.02. The second-order valence-electron chi connectivity index (χ2n) is 4.35. The molecular weight excluding hydrogens is 330 g/mol. The first-order chi connectivity index (χ1) is 10.5. The number of rotatable bonds is 5. The molecule has 2 N–H and O–H groups in total. The van der Waals surface area contributed by atoms with Crippen LogP contribution in [0.5, 0.6) is 5.75 Å². The second-order valence-corrected chi connectivity index (χ2v) is 5.19. The summed E-state index contributed by atoms with van der Waals surface area (Å²) in [6.07, 6.45) is 0. The monoisotopic (exact) mass is 342 g/mol. The Morgan fingerprint density at radius 2 is 2.00 bits per heavy atom. The van der Waals surface area contributed by atoms with Gasteiger partial charge in [-0.25, -0.2) is 4.39 Å². The molecule has 0 fully saturated rings. The Morgan fingerprint density at radius 3 is 2.73 bits per heavy atom. The SMILES string of the molecule is COc1ccc(Cl)cc1NC(=O)CNc1cccc(Cl)c1F. The lowest BCUT2D eigenvalue weighted by Crippen LogP contribution is -2.22. The Morgan fingerprint density at radius 1 is 1.23 bits per heavy atom. The van der Waals surface area contributed by atoms with Gasteiger partial charge < -0.3 is 15.4 Å². The third-order valence-electron chi connectivity index (χ3n) is 2.83. The van der Waals surface area contributed by atoms with Gasteiger partial charge in [0, 0.05) is 5.02 Å². The van der Waals surface area contributed by atoms with Crippen molar-refractivity contribution in [2.45, 2.75) is 0 Å². The van der Waals surface area contributed by atoms with Crippen LogP contribution in [0, 0.1) is 5.82 Å². The average Bonchev–Trinajstić information content (AvgIpc) is 2.49. The predicted octanol–water partition coefficient (Wildman–Crippen LogP) is 4.19. The Hall–Kier alpha value is -1.98. The molecule has 2 rings (SSSR count). The van der Waals surface area contributed by atoms with E-state index >= 15 is 0 Å². The predicted molar refractivity (Wildman–Crippen MR) is 86.5 cm³/mol. The number of methoxy groups -OCH3 is 1. The highest BCUT2D eigenvalue weighted by atomic mass is 35.5. The van der Waals surface area contributed by atoms with Gasteiger partial charge in [0.05, 0.1) is 30.1 Å². The minimum atomic E-state index is -0.600. The molecule has 0 aliphatic heterocycles. The average molecular weight is 343 g/mol. The first kappa shape index (κ1) is 16.4. The summed E-state index contributed by atoms with van der Waals surface area (Å²) in [6.45, 7) is -0.132. The fourth-order valence-corrected chi connectivity index (χ4v) is 2.13. The van der Waals surface area contributed by atoms with Crippen molar-refractivity contribution < 1.29 is 13.9 Å². The molecule has 0 unspecified atom stereocenters. The van der Waals surface area contributed by atoms with Crippen molar-refractivity contribution in [1.82, 2.24) is 0 Å². The number of carbonyl (C=O) groups excluding carboxylic acids is 1. The van der Waals surface area contributed by atoms with E-state index in [2.05, 4.69) is 10.6 Å². The Labute approximate surface area is 137 Å². The van der Waals surface area contributed by atoms with Crippen molar-refractivity contribution >= 4 is 40.5 Å². The lowest BCUT2D eigenvalue weighted by Gasteiger charge is -2.12. The van der Waals surface area contributed by atoms with Crippen LogP contribution in [0.1, 0.15) is 0 Å². The molecule has 0 saturated heterocycles. The van der Waals surface area contributed by atoms with Crippen LogP contribution in [0.2, 0.25) is 10.0 Å². The summed E-state index contributed by atoms with van der Waals surface area (Å²) in [5.74, 6) is -0.496. The summed E-state index contributed by atoms with van der Waals surface area (Å²) in [7, 11) is 1.48. The molecular formula is C15H13Cl2FN2O2. The summed E-state index contributed by atoms with van der Waals surface area (Å²) in [5, 5.41) is 5.77. The maximum atomic E-state index is 13.7. The fraction of sp³-hybridized carbons (Fsp3) is 0.133. The van der Waals surface area contributed by atoms with Crippen LogP contribution in [-0.2, 0) is 4.79 Å². The molecule has 2 aromatic rings. The van der Waals surface area contributed by atoms with Crippen molar-refractivity contribution in [1.29, 1.82) is 0 Å². The van der Waals surface area contributed by atoms with Gasteiger partial charge in [-0.05, 0) is 30.3 Å². The van der Waals surface area contributed by atoms with Gasteiger partial charge in [-0.2, -0.15) is 0 Å². The van der Waals surface area contributed by atoms with E-state index in [4.69, 9.17) is 27.9 Å². The van der Waals surface area contributed by atoms with E-state index in [1.807, 2.05) is 0 Å². The molecule has 0 bridgehead atoms. The van der Waals surface area contributed by atoms with Gasteiger partial charge in [-0.1, -0.05) is 29.3 Å². The number of anilines is 2. The summed E-state index contributed by atoms with van der Waals surface area (Å²) >= 11 is 11.6. The first-order valence-corrected chi connectivity index (χ1v) is 7.08. The van der Waals surface area contributed by atoms with Crippen LogP contribution in [-0.4, -0.2) is 19.6 Å². The number of hydrogen-bond acceptors (Lipinski definition) is 3. The van der Waals surface area contributed by atoms with Gasteiger partial charge in [0.1, 0.15) is 5.75 Å². The van der Waals surface area contributed by atoms with Crippen LogP contribution in [0.25, 0.3) is 0 Å². The van der Waals surface area contributed by atoms with Crippen LogP contribution < -0.4 is 15.4 Å². The maximum Gasteiger partial charge on any atom is 0.243 e. The van der Waals surface area contributed by atoms with Gasteiger partial charge in [0.2, 0.25) is 5.91 Å². The van der Waals surface area contributed by atoms with Gasteiger partial charge in [-0.15, -0.1) is 0 Å². The fourth-order valence-electron chi connectivity index (χ4n) is 1.79. The number of halogens is 3. The summed E-state index contributed by atoms with van der Waals surface area (Å²) in [4.78, 5) is 11.9. The smallest absolute Gasteiger partial charge is 0.243 e. The number of amides is 1. The molecule has 0 radical (unpaired) electrons. The van der Waals surface area contributed by atoms with Crippen LogP contribution in [0.4, 0.5) is 15.8 Å². The lowest BCUT2D eigenvalue weighted by atomic mass is 10.3. The quantitative estimate of drug-likeness (QED) is 0.856. The third-order valence-corrected chi connectivity index (χ3v) is 3.35. The van der Waals surface area contributed by atoms with Crippen molar-refractivity contribution in [3.8, 4) is 5.75 Å². The number of hydrogen-bond donors (Lipinski definition) is 2. The topological polar surface area (TPSA) is 50.4 Å². The molecule has 7 heteroatoms. The Kier molecular flexibility index (Phi) is 5.46. The minimum absolute atomic E-state index is 0.0121. The maximum absolute atomic E-state index is 13.7. The molecule has 0 aliphatic rings. The largest absolute Gasteiger partial charge is 0.495 e. The molecule has 4 nitrogen and oxygen atoms in total. The third kappa shape index (κ3) is 4.02. The molecule has 0 atom stereocenters. The zero-order chi connectivity index (χ0) is 16.1. The normalized spacial score (nSPS) is 10.2. The second kappa shape index (κ2) is 7.33. The van der Waals surface area contributed by atoms with Crippen molar-refractivity contribution in [2.24, 2.45) is 0 Å². The molecule has 22 heavy (non-hydrogen) atoms. The number of benzene rings is 2. The van der Waals surface area contributed by atoms with E-state index in [9.17, 15) is 9.18 Å². The van der Waals surface area contributed by atoms with Crippen LogP contribution >= 0.6 is 23.2 Å². The first-order valence-electron chi connectivity index (χ1n) is 6.32. The molecule has 0 aromatic heterocycles. The molecule has 0 saturated carbocycles. The highest BCUT2D eigenvalue weighted by Gasteiger charge is 2.10. The van der Waals surface area contributed by atoms with Gasteiger partial charge in [0.25, 0.3) is 0 Å². The van der Waals surface area contributed by atoms with Gasteiger partial charge in [0.15, 0.2) is 5.82 Å². The molecule has 116 valence electrons. The standard InChI is InChI=1S/C15H13Cl2FN2O2/c1-22-13-6-5-9(16)7-12(13)20-14(21)8-19-11-4-2-3-10(17)15(11)18/h2-7,19H,8H2,1H3,(H,20,21). The Bertz CT molecular complexity index is 695. The number of nitrogens with one attached hydrogen (secondary N) is 2. The highest BCUT2D eigenvalue weighted by Crippen LogP contribution is 2.27. The van der Waals surface area contributed by atoms with Crippen LogP contribution in [0.3, 0.4) is 0 Å². The van der Waals surface area contributed by atoms with Crippen molar-refractivity contribution in [2.75, 3.05) is 24.3 Å². The van der Waals surface area contributed by atoms with E-state index < -0.39 is 5.82 Å². The van der Waals surface area contributed by atoms with Crippen molar-refractivity contribution in [3.63, 3.8) is 0 Å². The van der Waals surface area contributed by atoms with E-state index in [-0.39, 0.29) is 23.2 Å². The number of carbonyl (C=O) groups is 1. The zero-order valence-electron chi connectivity index (χ0n) is 11.6. The molecule has 2 aromatic carbocycles. The summed E-state index contributed by atoms with van der Waals surface area (Å²) < 4.78 is 18.8. The molecule has 1 amide bonds. The van der Waals surface area contributed by atoms with E-state index in [1.54, 1.807) is 24.3 Å². The number of ether oxygens (including phenoxy) is 1. The molecule has 0 heterocycles. The molecule has 0 spiro atoms. The lowest BCUT2D eigenvalue weighted by molar-refractivity contribution is -0.114. The minimum Gasteiger partial charge on any atom is -0.495 e. The van der Waals surface area contributed by atoms with Gasteiger partial charge >= 0.3 is 0 Å². The van der Waals surface area contributed by atoms with E-state index in [0.717, 1.165) is 0 Å². The van der Waals surface area contributed by atoms with E-state index in [1.165, 1.54) is 19.2 Å². The van der Waals surface area contributed by atoms with Crippen molar-refractivity contribution in [3.05, 3.63) is 52.3 Å².